The first-order valence-electron chi connectivity index (χ1n) is 10.7. The first kappa shape index (κ1) is 20.2. The van der Waals surface area contributed by atoms with Gasteiger partial charge in [-0.1, -0.05) is 19.1 Å². The van der Waals surface area contributed by atoms with Gasteiger partial charge >= 0.3 is 0 Å². The molecule has 4 rings (SSSR count). The topological polar surface area (TPSA) is 65.2 Å². The summed E-state index contributed by atoms with van der Waals surface area (Å²) in [5.74, 6) is 0.122. The van der Waals surface area contributed by atoms with Crippen molar-refractivity contribution in [2.75, 3.05) is 7.05 Å². The van der Waals surface area contributed by atoms with Crippen molar-refractivity contribution in [3.05, 3.63) is 59.8 Å². The molecule has 5 nitrogen and oxygen atoms in total. The Hall–Kier alpha value is -3.08. The van der Waals surface area contributed by atoms with Crippen molar-refractivity contribution in [3.63, 3.8) is 0 Å². The van der Waals surface area contributed by atoms with Gasteiger partial charge in [-0.2, -0.15) is 0 Å². The van der Waals surface area contributed by atoms with E-state index in [9.17, 15) is 9.59 Å². The summed E-state index contributed by atoms with van der Waals surface area (Å²) in [5.41, 5.74) is 5.21. The smallest absolute Gasteiger partial charge is 0.253 e. The van der Waals surface area contributed by atoms with E-state index in [2.05, 4.69) is 41.5 Å². The van der Waals surface area contributed by atoms with Gasteiger partial charge in [0, 0.05) is 42.8 Å². The van der Waals surface area contributed by atoms with Crippen molar-refractivity contribution in [1.82, 2.24) is 15.2 Å². The minimum atomic E-state index is 0.0400. The van der Waals surface area contributed by atoms with Crippen molar-refractivity contribution >= 4 is 22.7 Å². The van der Waals surface area contributed by atoms with Crippen LogP contribution in [-0.4, -0.2) is 40.8 Å². The van der Waals surface area contributed by atoms with Crippen molar-refractivity contribution in [1.29, 1.82) is 0 Å². The van der Waals surface area contributed by atoms with Gasteiger partial charge in [-0.05, 0) is 78.6 Å². The van der Waals surface area contributed by atoms with E-state index >= 15 is 0 Å². The largest absolute Gasteiger partial charge is 0.361 e. The molecule has 0 saturated heterocycles. The Bertz CT molecular complexity index is 1080. The van der Waals surface area contributed by atoms with Crippen LogP contribution < -0.4 is 5.32 Å². The molecule has 30 heavy (non-hydrogen) atoms. The second-order valence-electron chi connectivity index (χ2n) is 8.31. The van der Waals surface area contributed by atoms with Gasteiger partial charge in [0.15, 0.2) is 0 Å². The van der Waals surface area contributed by atoms with Gasteiger partial charge in [-0.25, -0.2) is 0 Å². The van der Waals surface area contributed by atoms with E-state index in [0.29, 0.717) is 12.0 Å². The van der Waals surface area contributed by atoms with Crippen LogP contribution in [0.25, 0.3) is 22.0 Å². The molecule has 0 spiro atoms. The van der Waals surface area contributed by atoms with E-state index in [0.717, 1.165) is 41.5 Å². The maximum atomic E-state index is 13.1. The second-order valence-corrected chi connectivity index (χ2v) is 8.31. The molecule has 0 radical (unpaired) electrons. The van der Waals surface area contributed by atoms with Crippen LogP contribution in [0, 0.1) is 6.92 Å². The summed E-state index contributed by atoms with van der Waals surface area (Å²) in [5, 5.41) is 4.24. The number of amides is 2. The summed E-state index contributed by atoms with van der Waals surface area (Å²) in [7, 11) is 1.88. The van der Waals surface area contributed by atoms with Crippen molar-refractivity contribution < 1.29 is 9.59 Å². The molecule has 2 N–H and O–H groups in total. The molecule has 1 aliphatic rings. The number of carbonyl (C=O) groups is 2. The number of hydrogen-bond donors (Lipinski definition) is 2. The minimum Gasteiger partial charge on any atom is -0.361 e. The van der Waals surface area contributed by atoms with Gasteiger partial charge in [0.25, 0.3) is 5.91 Å². The van der Waals surface area contributed by atoms with E-state index in [1.54, 1.807) is 0 Å². The number of rotatable bonds is 5. The highest BCUT2D eigenvalue weighted by Crippen LogP contribution is 2.29. The predicted octanol–water partition coefficient (Wildman–Crippen LogP) is 4.66. The first-order chi connectivity index (χ1) is 14.5. The number of aryl methyl sites for hydroxylation is 1. The molecule has 2 unspecified atom stereocenters. The highest BCUT2D eigenvalue weighted by atomic mass is 16.2. The molecule has 1 fully saturated rings. The van der Waals surface area contributed by atoms with Crippen LogP contribution in [0.5, 0.6) is 0 Å². The monoisotopic (exact) mass is 403 g/mol. The molecule has 0 aliphatic heterocycles. The van der Waals surface area contributed by atoms with Crippen molar-refractivity contribution in [2.45, 2.75) is 51.6 Å². The third kappa shape index (κ3) is 3.97. The number of aromatic nitrogens is 1. The average molecular weight is 404 g/mol. The van der Waals surface area contributed by atoms with Crippen LogP contribution in [0.2, 0.25) is 0 Å². The lowest BCUT2D eigenvalue weighted by molar-refractivity contribution is -0.121. The molecule has 0 bridgehead atoms. The number of nitrogens with zero attached hydrogens (tertiary/aromatic N) is 1. The fourth-order valence-electron chi connectivity index (χ4n) is 4.48. The molecule has 3 aromatic rings. The van der Waals surface area contributed by atoms with Crippen LogP contribution in [-0.2, 0) is 4.79 Å². The normalized spacial score (nSPS) is 18.5. The first-order valence-corrected chi connectivity index (χ1v) is 10.7. The quantitative estimate of drug-likeness (QED) is 0.651. The zero-order valence-corrected chi connectivity index (χ0v) is 17.9. The van der Waals surface area contributed by atoms with E-state index in [1.807, 2.05) is 43.3 Å². The number of H-pyrrole nitrogens is 1. The van der Waals surface area contributed by atoms with E-state index in [1.165, 1.54) is 5.39 Å². The lowest BCUT2D eigenvalue weighted by Crippen LogP contribution is -2.38. The van der Waals surface area contributed by atoms with Gasteiger partial charge in [0.05, 0.1) is 0 Å². The molecule has 156 valence electrons. The van der Waals surface area contributed by atoms with Crippen LogP contribution in [0.15, 0.2) is 48.7 Å². The molecule has 2 amide bonds. The molecule has 1 heterocycles. The SMILES string of the molecule is CCC(=O)NC1CCC(N(C)C(=O)c2ccc(-c3ccc4[nH]ccc4c3)c(C)c2)C1. The Labute approximate surface area is 177 Å². The van der Waals surface area contributed by atoms with Gasteiger partial charge in [0.1, 0.15) is 0 Å². The van der Waals surface area contributed by atoms with Gasteiger partial charge in [-0.15, -0.1) is 0 Å². The number of nitrogens with one attached hydrogen (secondary N) is 2. The van der Waals surface area contributed by atoms with Crippen molar-refractivity contribution in [2.24, 2.45) is 0 Å². The second kappa shape index (κ2) is 8.34. The third-order valence-electron chi connectivity index (χ3n) is 6.30. The zero-order valence-electron chi connectivity index (χ0n) is 17.9. The molecule has 5 heteroatoms. The summed E-state index contributed by atoms with van der Waals surface area (Å²) in [6.45, 7) is 3.92. The fraction of sp³-hybridized carbons (Fsp3) is 0.360. The lowest BCUT2D eigenvalue weighted by Gasteiger charge is -2.25. The molecular formula is C25H29N3O2. The Morgan fingerprint density at radius 3 is 2.73 bits per heavy atom. The van der Waals surface area contributed by atoms with Crippen molar-refractivity contribution in [3.8, 4) is 11.1 Å². The molecule has 2 aromatic carbocycles. The Kier molecular flexibility index (Phi) is 5.62. The summed E-state index contributed by atoms with van der Waals surface area (Å²) in [6.07, 6.45) is 5.11. The Balaban J connectivity index is 1.48. The minimum absolute atomic E-state index is 0.0400. The Morgan fingerprint density at radius 2 is 1.97 bits per heavy atom. The van der Waals surface area contributed by atoms with E-state index in [-0.39, 0.29) is 23.9 Å². The Morgan fingerprint density at radius 1 is 1.13 bits per heavy atom. The predicted molar refractivity (Wildman–Crippen MR) is 120 cm³/mol. The molecular weight excluding hydrogens is 374 g/mol. The number of aromatic amines is 1. The maximum Gasteiger partial charge on any atom is 0.253 e. The summed E-state index contributed by atoms with van der Waals surface area (Å²) in [4.78, 5) is 29.8. The number of hydrogen-bond acceptors (Lipinski definition) is 2. The summed E-state index contributed by atoms with van der Waals surface area (Å²) >= 11 is 0. The standard InChI is InChI=1S/C25H29N3O2/c1-4-24(29)27-20-7-8-21(15-20)28(3)25(30)19-5-9-22(16(2)13-19)17-6-10-23-18(14-17)11-12-26-23/h5-6,9-14,20-21,26H,4,7-8,15H2,1-3H3,(H,27,29). The van der Waals surface area contributed by atoms with Crippen LogP contribution >= 0.6 is 0 Å². The molecule has 1 aromatic heterocycles. The molecule has 1 saturated carbocycles. The lowest BCUT2D eigenvalue weighted by atomic mass is 9.97. The van der Waals surface area contributed by atoms with E-state index in [4.69, 9.17) is 0 Å². The van der Waals surface area contributed by atoms with Crippen LogP contribution in [0.4, 0.5) is 0 Å². The third-order valence-corrected chi connectivity index (χ3v) is 6.30. The molecule has 1 aliphatic carbocycles. The van der Waals surface area contributed by atoms with Gasteiger partial charge in [0.2, 0.25) is 5.91 Å². The highest BCUT2D eigenvalue weighted by molar-refractivity contribution is 5.95. The van der Waals surface area contributed by atoms with Crippen LogP contribution in [0.1, 0.15) is 48.5 Å². The summed E-state index contributed by atoms with van der Waals surface area (Å²) in [6, 6.07) is 14.7. The van der Waals surface area contributed by atoms with Gasteiger partial charge < -0.3 is 15.2 Å². The summed E-state index contributed by atoms with van der Waals surface area (Å²) < 4.78 is 0. The maximum absolute atomic E-state index is 13.1. The average Bonchev–Trinajstić information content (AvgIpc) is 3.41. The van der Waals surface area contributed by atoms with Crippen LogP contribution in [0.3, 0.4) is 0 Å². The number of fused-ring (bicyclic) bond motifs is 1. The molecule has 2 atom stereocenters. The highest BCUT2D eigenvalue weighted by Gasteiger charge is 2.31. The fourth-order valence-corrected chi connectivity index (χ4v) is 4.48. The zero-order chi connectivity index (χ0) is 21.3. The van der Waals surface area contributed by atoms with E-state index < -0.39 is 0 Å². The number of carbonyl (C=O) groups excluding carboxylic acids is 2. The van der Waals surface area contributed by atoms with Gasteiger partial charge in [-0.3, -0.25) is 9.59 Å². The number of benzene rings is 2.